The zero-order valence-corrected chi connectivity index (χ0v) is 10.6. The molecule has 0 bridgehead atoms. The summed E-state index contributed by atoms with van der Waals surface area (Å²) in [7, 11) is 2.01. The minimum Gasteiger partial charge on any atom is -0.358 e. The molecule has 0 aliphatic carbocycles. The average Bonchev–Trinajstić information content (AvgIpc) is 2.86. The monoisotopic (exact) mass is 238 g/mol. The summed E-state index contributed by atoms with van der Waals surface area (Å²) in [6.45, 7) is 3.94. The first-order chi connectivity index (χ1) is 7.79. The van der Waals surface area contributed by atoms with Gasteiger partial charge in [0.2, 0.25) is 0 Å². The van der Waals surface area contributed by atoms with Crippen LogP contribution in [0.5, 0.6) is 0 Å². The summed E-state index contributed by atoms with van der Waals surface area (Å²) in [6, 6.07) is 0. The summed E-state index contributed by atoms with van der Waals surface area (Å²) in [5, 5.41) is 5.09. The SMILES string of the molecule is CCCC1CN=C(NCc2nccn2C)S1. The summed E-state index contributed by atoms with van der Waals surface area (Å²) in [6.07, 6.45) is 6.27. The van der Waals surface area contributed by atoms with E-state index in [9.17, 15) is 0 Å². The minimum absolute atomic E-state index is 0.675. The first kappa shape index (κ1) is 11.5. The van der Waals surface area contributed by atoms with Crippen LogP contribution in [0.15, 0.2) is 17.4 Å². The molecule has 1 aromatic rings. The lowest BCUT2D eigenvalue weighted by Crippen LogP contribution is -2.20. The molecular weight excluding hydrogens is 220 g/mol. The molecule has 1 aliphatic rings. The molecule has 0 amide bonds. The first-order valence-corrected chi connectivity index (χ1v) is 6.58. The molecule has 88 valence electrons. The average molecular weight is 238 g/mol. The molecule has 16 heavy (non-hydrogen) atoms. The van der Waals surface area contributed by atoms with E-state index in [4.69, 9.17) is 0 Å². The molecule has 0 spiro atoms. The third kappa shape index (κ3) is 2.78. The molecule has 0 fully saturated rings. The number of aliphatic imine (C=N–C) groups is 1. The molecule has 2 heterocycles. The van der Waals surface area contributed by atoms with Crippen LogP contribution in [0.25, 0.3) is 0 Å². The molecule has 1 aromatic heterocycles. The van der Waals surface area contributed by atoms with Gasteiger partial charge in [-0.3, -0.25) is 4.99 Å². The molecule has 1 aliphatic heterocycles. The van der Waals surface area contributed by atoms with E-state index >= 15 is 0 Å². The van der Waals surface area contributed by atoms with E-state index in [1.807, 2.05) is 35.8 Å². The number of amidine groups is 1. The highest BCUT2D eigenvalue weighted by atomic mass is 32.2. The van der Waals surface area contributed by atoms with Crippen LogP contribution in [0.4, 0.5) is 0 Å². The van der Waals surface area contributed by atoms with E-state index in [1.165, 1.54) is 12.8 Å². The summed E-state index contributed by atoms with van der Waals surface area (Å²) in [5.41, 5.74) is 0. The highest BCUT2D eigenvalue weighted by Gasteiger charge is 2.18. The third-order valence-electron chi connectivity index (χ3n) is 2.65. The van der Waals surface area contributed by atoms with Crippen LogP contribution in [0.3, 0.4) is 0 Å². The van der Waals surface area contributed by atoms with Crippen LogP contribution in [-0.4, -0.2) is 26.5 Å². The fourth-order valence-electron chi connectivity index (χ4n) is 1.71. The van der Waals surface area contributed by atoms with Crippen LogP contribution in [0.1, 0.15) is 25.6 Å². The normalized spacial score (nSPS) is 19.9. The van der Waals surface area contributed by atoms with Crippen molar-refractivity contribution < 1.29 is 0 Å². The van der Waals surface area contributed by atoms with Gasteiger partial charge in [0.1, 0.15) is 5.82 Å². The van der Waals surface area contributed by atoms with E-state index in [0.29, 0.717) is 5.25 Å². The fourth-order valence-corrected chi connectivity index (χ4v) is 2.83. The van der Waals surface area contributed by atoms with Gasteiger partial charge in [0.15, 0.2) is 5.17 Å². The van der Waals surface area contributed by atoms with Crippen molar-refractivity contribution in [3.8, 4) is 0 Å². The van der Waals surface area contributed by atoms with Gasteiger partial charge in [-0.2, -0.15) is 0 Å². The predicted molar refractivity (Wildman–Crippen MR) is 68.6 cm³/mol. The molecule has 2 rings (SSSR count). The molecule has 4 nitrogen and oxygen atoms in total. The van der Waals surface area contributed by atoms with Crippen molar-refractivity contribution in [3.63, 3.8) is 0 Å². The number of imidazole rings is 1. The second kappa shape index (κ2) is 5.39. The molecule has 1 unspecified atom stereocenters. The summed E-state index contributed by atoms with van der Waals surface area (Å²) in [5.74, 6) is 1.04. The Labute approximate surface area is 101 Å². The Balaban J connectivity index is 1.78. The van der Waals surface area contributed by atoms with Crippen molar-refractivity contribution in [2.24, 2.45) is 12.0 Å². The number of aromatic nitrogens is 2. The van der Waals surface area contributed by atoms with E-state index in [0.717, 1.165) is 24.1 Å². The van der Waals surface area contributed by atoms with Gasteiger partial charge >= 0.3 is 0 Å². The Hall–Kier alpha value is -0.970. The van der Waals surface area contributed by atoms with Crippen LogP contribution in [0, 0.1) is 0 Å². The maximum atomic E-state index is 4.50. The Morgan fingerprint density at radius 3 is 3.19 bits per heavy atom. The van der Waals surface area contributed by atoms with E-state index in [2.05, 4.69) is 22.2 Å². The highest BCUT2D eigenvalue weighted by Crippen LogP contribution is 2.23. The smallest absolute Gasteiger partial charge is 0.157 e. The van der Waals surface area contributed by atoms with Gasteiger partial charge in [-0.25, -0.2) is 4.98 Å². The largest absolute Gasteiger partial charge is 0.358 e. The van der Waals surface area contributed by atoms with Gasteiger partial charge in [-0.05, 0) is 6.42 Å². The van der Waals surface area contributed by atoms with Gasteiger partial charge in [-0.15, -0.1) is 0 Å². The molecule has 1 atom stereocenters. The van der Waals surface area contributed by atoms with Gasteiger partial charge < -0.3 is 9.88 Å². The second-order valence-electron chi connectivity index (χ2n) is 3.98. The van der Waals surface area contributed by atoms with Gasteiger partial charge in [0.05, 0.1) is 13.1 Å². The topological polar surface area (TPSA) is 42.2 Å². The number of rotatable bonds is 4. The van der Waals surface area contributed by atoms with E-state index in [-0.39, 0.29) is 0 Å². The Morgan fingerprint density at radius 1 is 1.62 bits per heavy atom. The summed E-state index contributed by atoms with van der Waals surface area (Å²) >= 11 is 1.86. The Morgan fingerprint density at radius 2 is 2.50 bits per heavy atom. The van der Waals surface area contributed by atoms with Crippen molar-refractivity contribution in [1.29, 1.82) is 0 Å². The first-order valence-electron chi connectivity index (χ1n) is 5.70. The molecule has 0 saturated carbocycles. The lowest BCUT2D eigenvalue weighted by molar-refractivity contribution is 0.746. The van der Waals surface area contributed by atoms with Crippen molar-refractivity contribution in [1.82, 2.24) is 14.9 Å². The zero-order chi connectivity index (χ0) is 11.4. The Kier molecular flexibility index (Phi) is 3.88. The lowest BCUT2D eigenvalue weighted by Gasteiger charge is -2.07. The van der Waals surface area contributed by atoms with Crippen LogP contribution in [0.2, 0.25) is 0 Å². The third-order valence-corrected chi connectivity index (χ3v) is 3.86. The van der Waals surface area contributed by atoms with E-state index in [1.54, 1.807) is 0 Å². The minimum atomic E-state index is 0.675. The number of nitrogens with one attached hydrogen (secondary N) is 1. The van der Waals surface area contributed by atoms with Crippen LogP contribution in [-0.2, 0) is 13.6 Å². The predicted octanol–water partition coefficient (Wildman–Crippen LogP) is 1.78. The van der Waals surface area contributed by atoms with Crippen LogP contribution < -0.4 is 5.32 Å². The number of thioether (sulfide) groups is 1. The maximum Gasteiger partial charge on any atom is 0.157 e. The maximum absolute atomic E-state index is 4.50. The van der Waals surface area contributed by atoms with E-state index < -0.39 is 0 Å². The van der Waals surface area contributed by atoms with Crippen molar-refractivity contribution in [2.75, 3.05) is 6.54 Å². The number of hydrogen-bond acceptors (Lipinski definition) is 4. The number of aryl methyl sites for hydroxylation is 1. The fraction of sp³-hybridized carbons (Fsp3) is 0.636. The molecule has 5 heteroatoms. The lowest BCUT2D eigenvalue weighted by atomic mass is 10.2. The standard InChI is InChI=1S/C11H18N4S/c1-3-4-9-7-13-11(16-9)14-8-10-12-5-6-15(10)2/h5-6,9H,3-4,7-8H2,1-2H3,(H,13,14). The Bertz CT molecular complexity index is 372. The number of hydrogen-bond donors (Lipinski definition) is 1. The molecule has 0 radical (unpaired) electrons. The van der Waals surface area contributed by atoms with Crippen molar-refractivity contribution >= 4 is 16.9 Å². The van der Waals surface area contributed by atoms with Gasteiger partial charge in [0, 0.05) is 24.7 Å². The number of nitrogens with zero attached hydrogens (tertiary/aromatic N) is 3. The quantitative estimate of drug-likeness (QED) is 0.869. The zero-order valence-electron chi connectivity index (χ0n) is 9.81. The van der Waals surface area contributed by atoms with Crippen molar-refractivity contribution in [3.05, 3.63) is 18.2 Å². The summed E-state index contributed by atoms with van der Waals surface area (Å²) in [4.78, 5) is 8.76. The van der Waals surface area contributed by atoms with Gasteiger partial charge in [-0.1, -0.05) is 25.1 Å². The molecule has 0 saturated heterocycles. The molecule has 1 N–H and O–H groups in total. The second-order valence-corrected chi connectivity index (χ2v) is 5.27. The highest BCUT2D eigenvalue weighted by molar-refractivity contribution is 8.14. The van der Waals surface area contributed by atoms with Crippen LogP contribution >= 0.6 is 11.8 Å². The summed E-state index contributed by atoms with van der Waals surface area (Å²) < 4.78 is 2.02. The van der Waals surface area contributed by atoms with Crippen molar-refractivity contribution in [2.45, 2.75) is 31.6 Å². The van der Waals surface area contributed by atoms with Gasteiger partial charge in [0.25, 0.3) is 0 Å². The molecular formula is C11H18N4S. The molecule has 0 aromatic carbocycles.